The molecule has 0 saturated heterocycles. The molecule has 0 bridgehead atoms. The maximum atomic E-state index is 12.2. The number of amides is 1. The molecule has 29 heavy (non-hydrogen) atoms. The lowest BCUT2D eigenvalue weighted by molar-refractivity contribution is -0.113. The highest BCUT2D eigenvalue weighted by Crippen LogP contribution is 2.21. The normalized spacial score (nSPS) is 10.6. The third-order valence-electron chi connectivity index (χ3n) is 4.11. The maximum Gasteiger partial charge on any atom is 0.234 e. The second kappa shape index (κ2) is 9.33. The Bertz CT molecular complexity index is 1010. The fourth-order valence-electron chi connectivity index (χ4n) is 2.64. The van der Waals surface area contributed by atoms with Gasteiger partial charge in [0.05, 0.1) is 12.9 Å². The predicted octanol–water partition coefficient (Wildman–Crippen LogP) is 2.93. The first-order valence-electron chi connectivity index (χ1n) is 8.92. The Labute approximate surface area is 173 Å². The van der Waals surface area contributed by atoms with Crippen molar-refractivity contribution in [1.82, 2.24) is 14.9 Å². The topological polar surface area (TPSA) is 104 Å². The number of carbonyl (C=O) groups is 1. The van der Waals surface area contributed by atoms with E-state index in [9.17, 15) is 4.79 Å². The first-order valence-corrected chi connectivity index (χ1v) is 9.91. The molecule has 152 valence electrons. The minimum atomic E-state index is -0.181. The zero-order valence-corrected chi connectivity index (χ0v) is 17.3. The van der Waals surface area contributed by atoms with Crippen LogP contribution in [0.2, 0.25) is 0 Å². The van der Waals surface area contributed by atoms with E-state index >= 15 is 0 Å². The fourth-order valence-corrected chi connectivity index (χ4v) is 3.31. The number of thioether (sulfide) groups is 1. The van der Waals surface area contributed by atoms with Gasteiger partial charge in [-0.1, -0.05) is 35.5 Å². The highest BCUT2D eigenvalue weighted by atomic mass is 32.2. The van der Waals surface area contributed by atoms with E-state index in [1.54, 1.807) is 25.3 Å². The number of aryl methyl sites for hydroxylation is 2. The summed E-state index contributed by atoms with van der Waals surface area (Å²) in [6.07, 6.45) is 0. The molecule has 1 heterocycles. The average Bonchev–Trinajstić information content (AvgIpc) is 3.05. The molecular weight excluding hydrogens is 390 g/mol. The zero-order valence-electron chi connectivity index (χ0n) is 16.5. The molecule has 2 aromatic carbocycles. The lowest BCUT2D eigenvalue weighted by Crippen LogP contribution is -2.18. The van der Waals surface area contributed by atoms with Crippen LogP contribution in [0, 0.1) is 13.8 Å². The number of methoxy groups -OCH3 is 1. The number of anilines is 1. The Morgan fingerprint density at radius 2 is 2.03 bits per heavy atom. The number of nitrogen functional groups attached to an aromatic ring is 1. The molecule has 1 amide bonds. The van der Waals surface area contributed by atoms with Gasteiger partial charge in [0.25, 0.3) is 0 Å². The largest absolute Gasteiger partial charge is 0.497 e. The van der Waals surface area contributed by atoms with E-state index in [4.69, 9.17) is 15.3 Å². The number of rotatable bonds is 8. The molecule has 0 aliphatic heterocycles. The molecule has 0 aliphatic rings. The maximum absolute atomic E-state index is 12.2. The number of carbonyl (C=O) groups excluding carboxylic acids is 1. The van der Waals surface area contributed by atoms with Crippen LogP contribution in [0.3, 0.4) is 0 Å². The number of aromatic nitrogens is 3. The Kier molecular flexibility index (Phi) is 6.61. The van der Waals surface area contributed by atoms with Crippen LogP contribution in [0.4, 0.5) is 5.69 Å². The van der Waals surface area contributed by atoms with Gasteiger partial charge in [0, 0.05) is 11.8 Å². The van der Waals surface area contributed by atoms with Crippen LogP contribution in [-0.2, 0) is 11.4 Å². The van der Waals surface area contributed by atoms with Gasteiger partial charge in [-0.15, -0.1) is 10.2 Å². The summed E-state index contributed by atoms with van der Waals surface area (Å²) in [6, 6.07) is 13.1. The fraction of sp³-hybridized carbons (Fsp3) is 0.250. The number of nitrogens with one attached hydrogen (secondary N) is 1. The minimum absolute atomic E-state index is 0.143. The first kappa shape index (κ1) is 20.5. The summed E-state index contributed by atoms with van der Waals surface area (Å²) in [5.41, 5.74) is 2.87. The number of nitrogens with two attached hydrogens (primary N) is 1. The zero-order chi connectivity index (χ0) is 20.8. The monoisotopic (exact) mass is 413 g/mol. The number of benzene rings is 2. The van der Waals surface area contributed by atoms with E-state index in [2.05, 4.69) is 15.5 Å². The van der Waals surface area contributed by atoms with Crippen molar-refractivity contribution < 1.29 is 14.3 Å². The molecule has 9 heteroatoms. The molecule has 0 atom stereocenters. The van der Waals surface area contributed by atoms with Crippen molar-refractivity contribution in [1.29, 1.82) is 0 Å². The molecule has 1 aromatic heterocycles. The Morgan fingerprint density at radius 1 is 1.21 bits per heavy atom. The molecule has 3 N–H and O–H groups in total. The molecule has 0 spiro atoms. The highest BCUT2D eigenvalue weighted by Gasteiger charge is 2.13. The van der Waals surface area contributed by atoms with Crippen molar-refractivity contribution in [2.45, 2.75) is 25.6 Å². The van der Waals surface area contributed by atoms with Gasteiger partial charge in [0.15, 0.2) is 5.82 Å². The van der Waals surface area contributed by atoms with E-state index < -0.39 is 0 Å². The third kappa shape index (κ3) is 5.41. The molecule has 0 aliphatic carbocycles. The van der Waals surface area contributed by atoms with Crippen LogP contribution < -0.4 is 20.6 Å². The van der Waals surface area contributed by atoms with E-state index in [1.807, 2.05) is 38.1 Å². The van der Waals surface area contributed by atoms with Crippen molar-refractivity contribution in [3.63, 3.8) is 0 Å². The Morgan fingerprint density at radius 3 is 2.79 bits per heavy atom. The van der Waals surface area contributed by atoms with Crippen LogP contribution in [0.15, 0.2) is 47.6 Å². The van der Waals surface area contributed by atoms with E-state index in [-0.39, 0.29) is 18.3 Å². The molecule has 0 fully saturated rings. The van der Waals surface area contributed by atoms with Gasteiger partial charge in [-0.05, 0) is 37.6 Å². The number of hydrogen-bond donors (Lipinski definition) is 2. The highest BCUT2D eigenvalue weighted by molar-refractivity contribution is 7.99. The van der Waals surface area contributed by atoms with Crippen LogP contribution in [0.1, 0.15) is 17.0 Å². The van der Waals surface area contributed by atoms with Crippen molar-refractivity contribution in [2.24, 2.45) is 0 Å². The summed E-state index contributed by atoms with van der Waals surface area (Å²) in [6.45, 7) is 4.20. The number of ether oxygens (including phenoxy) is 2. The summed E-state index contributed by atoms with van der Waals surface area (Å²) in [5, 5.41) is 11.3. The Balaban J connectivity index is 1.54. The lowest BCUT2D eigenvalue weighted by Gasteiger charge is -2.09. The second-order valence-electron chi connectivity index (χ2n) is 6.40. The van der Waals surface area contributed by atoms with Crippen LogP contribution in [0.5, 0.6) is 11.5 Å². The van der Waals surface area contributed by atoms with Crippen LogP contribution >= 0.6 is 11.8 Å². The van der Waals surface area contributed by atoms with Crippen molar-refractivity contribution in [3.05, 3.63) is 59.4 Å². The minimum Gasteiger partial charge on any atom is -0.497 e. The summed E-state index contributed by atoms with van der Waals surface area (Å²) >= 11 is 1.20. The molecule has 8 nitrogen and oxygen atoms in total. The first-order chi connectivity index (χ1) is 14.0. The smallest absolute Gasteiger partial charge is 0.234 e. The van der Waals surface area contributed by atoms with Crippen molar-refractivity contribution in [2.75, 3.05) is 24.0 Å². The quantitative estimate of drug-likeness (QED) is 0.432. The van der Waals surface area contributed by atoms with Crippen molar-refractivity contribution >= 4 is 23.4 Å². The molecule has 3 aromatic rings. The SMILES string of the molecule is COc1cccc(NC(=O)CSc2nnc(COc3ccc(C)cc3C)n2N)c1. The van der Waals surface area contributed by atoms with Crippen LogP contribution in [-0.4, -0.2) is 33.6 Å². The summed E-state index contributed by atoms with van der Waals surface area (Å²) < 4.78 is 12.3. The summed E-state index contributed by atoms with van der Waals surface area (Å²) in [5.74, 6) is 7.92. The van der Waals surface area contributed by atoms with Crippen LogP contribution in [0.25, 0.3) is 0 Å². The molecule has 0 radical (unpaired) electrons. The molecule has 3 rings (SSSR count). The predicted molar refractivity (Wildman–Crippen MR) is 113 cm³/mol. The van der Waals surface area contributed by atoms with E-state index in [0.29, 0.717) is 22.4 Å². The van der Waals surface area contributed by atoms with Gasteiger partial charge < -0.3 is 20.6 Å². The summed E-state index contributed by atoms with van der Waals surface area (Å²) in [7, 11) is 1.58. The van der Waals surface area contributed by atoms with Crippen molar-refractivity contribution in [3.8, 4) is 11.5 Å². The third-order valence-corrected chi connectivity index (χ3v) is 5.05. The van der Waals surface area contributed by atoms with Gasteiger partial charge >= 0.3 is 0 Å². The number of hydrogen-bond acceptors (Lipinski definition) is 7. The standard InChI is InChI=1S/C20H23N5O3S/c1-13-7-8-17(14(2)9-13)28-11-18-23-24-20(25(18)21)29-12-19(26)22-15-5-4-6-16(10-15)27-3/h4-10H,11-12,21H2,1-3H3,(H,22,26). The molecule has 0 unspecified atom stereocenters. The second-order valence-corrected chi connectivity index (χ2v) is 7.34. The lowest BCUT2D eigenvalue weighted by atomic mass is 10.1. The van der Waals surface area contributed by atoms with Gasteiger partial charge in [0.2, 0.25) is 11.1 Å². The molecular formula is C20H23N5O3S. The van der Waals surface area contributed by atoms with Gasteiger partial charge in [0.1, 0.15) is 18.1 Å². The average molecular weight is 414 g/mol. The van der Waals surface area contributed by atoms with E-state index in [0.717, 1.165) is 11.3 Å². The molecule has 0 saturated carbocycles. The Hall–Kier alpha value is -3.20. The van der Waals surface area contributed by atoms with Gasteiger partial charge in [-0.3, -0.25) is 4.79 Å². The number of nitrogens with zero attached hydrogens (tertiary/aromatic N) is 3. The van der Waals surface area contributed by atoms with Gasteiger partial charge in [-0.2, -0.15) is 0 Å². The van der Waals surface area contributed by atoms with E-state index in [1.165, 1.54) is 22.0 Å². The summed E-state index contributed by atoms with van der Waals surface area (Å²) in [4.78, 5) is 12.2. The van der Waals surface area contributed by atoms with Gasteiger partial charge in [-0.25, -0.2) is 4.68 Å².